The van der Waals surface area contributed by atoms with Crippen LogP contribution in [0.3, 0.4) is 0 Å². The molecule has 1 rings (SSSR count). The smallest absolute Gasteiger partial charge is 0.195 e. The lowest BCUT2D eigenvalue weighted by molar-refractivity contribution is 0.484. The van der Waals surface area contributed by atoms with E-state index in [1.165, 1.54) is 18.4 Å². The van der Waals surface area contributed by atoms with E-state index in [4.69, 9.17) is 22.3 Å². The lowest BCUT2D eigenvalue weighted by Crippen LogP contribution is -2.20. The fraction of sp³-hybridized carbons (Fsp3) is 0.333. The summed E-state index contributed by atoms with van der Waals surface area (Å²) in [4.78, 5) is 0.858. The van der Waals surface area contributed by atoms with Crippen molar-refractivity contribution in [1.82, 2.24) is 4.31 Å². The lowest BCUT2D eigenvalue weighted by atomic mass is 10.5. The van der Waals surface area contributed by atoms with Crippen LogP contribution in [0.2, 0.25) is 4.34 Å². The standard InChI is InChI=1S/C6H7Cl2NO2S2/c1-9(13(8,10)11)4-5-2-3-6(7)12-5/h2-3H,4H2,1H3. The van der Waals surface area contributed by atoms with Crippen molar-refractivity contribution in [2.24, 2.45) is 0 Å². The zero-order chi connectivity index (χ0) is 10.1. The normalized spacial score (nSPS) is 12.3. The van der Waals surface area contributed by atoms with Crippen LogP contribution >= 0.6 is 33.6 Å². The van der Waals surface area contributed by atoms with Gasteiger partial charge in [0, 0.05) is 29.2 Å². The van der Waals surface area contributed by atoms with Gasteiger partial charge in [0.1, 0.15) is 0 Å². The average Bonchev–Trinajstić information content (AvgIpc) is 2.33. The Hall–Kier alpha value is 0.190. The molecule has 13 heavy (non-hydrogen) atoms. The fourth-order valence-electron chi connectivity index (χ4n) is 0.733. The predicted octanol–water partition coefficient (Wildman–Crippen LogP) is 2.32. The monoisotopic (exact) mass is 259 g/mol. The summed E-state index contributed by atoms with van der Waals surface area (Å²) in [7, 11) is 2.90. The van der Waals surface area contributed by atoms with Gasteiger partial charge in [-0.25, -0.2) is 0 Å². The second kappa shape index (κ2) is 4.14. The maximum absolute atomic E-state index is 10.8. The SMILES string of the molecule is CN(Cc1ccc(Cl)s1)S(=O)(=O)Cl. The Morgan fingerprint density at radius 3 is 2.54 bits per heavy atom. The van der Waals surface area contributed by atoms with Crippen molar-refractivity contribution in [1.29, 1.82) is 0 Å². The van der Waals surface area contributed by atoms with Crippen LogP contribution in [0.15, 0.2) is 12.1 Å². The highest BCUT2D eigenvalue weighted by Gasteiger charge is 2.14. The highest BCUT2D eigenvalue weighted by atomic mass is 35.7. The summed E-state index contributed by atoms with van der Waals surface area (Å²) < 4.78 is 23.3. The molecule has 0 atom stereocenters. The summed E-state index contributed by atoms with van der Waals surface area (Å²) in [6.07, 6.45) is 0. The van der Waals surface area contributed by atoms with E-state index in [9.17, 15) is 8.42 Å². The molecule has 0 fully saturated rings. The first-order valence-electron chi connectivity index (χ1n) is 3.30. The van der Waals surface area contributed by atoms with E-state index in [2.05, 4.69) is 0 Å². The Balaban J connectivity index is 2.71. The third kappa shape index (κ3) is 3.44. The molecule has 0 radical (unpaired) electrons. The molecule has 74 valence electrons. The van der Waals surface area contributed by atoms with Gasteiger partial charge >= 0.3 is 0 Å². The molecule has 0 N–H and O–H groups in total. The minimum Gasteiger partial charge on any atom is -0.195 e. The van der Waals surface area contributed by atoms with E-state index < -0.39 is 9.24 Å². The van der Waals surface area contributed by atoms with E-state index in [0.717, 1.165) is 9.18 Å². The summed E-state index contributed by atoms with van der Waals surface area (Å²) in [6.45, 7) is 0.253. The summed E-state index contributed by atoms with van der Waals surface area (Å²) >= 11 is 7.01. The van der Waals surface area contributed by atoms with Crippen molar-refractivity contribution in [2.45, 2.75) is 6.54 Å². The van der Waals surface area contributed by atoms with E-state index in [1.807, 2.05) is 0 Å². The Morgan fingerprint density at radius 1 is 1.54 bits per heavy atom. The first kappa shape index (κ1) is 11.3. The average molecular weight is 260 g/mol. The van der Waals surface area contributed by atoms with Crippen LogP contribution < -0.4 is 0 Å². The van der Waals surface area contributed by atoms with Crippen LogP contribution in [0.5, 0.6) is 0 Å². The molecule has 0 aromatic carbocycles. The van der Waals surface area contributed by atoms with E-state index in [1.54, 1.807) is 12.1 Å². The Bertz CT molecular complexity index is 387. The second-order valence-corrected chi connectivity index (χ2v) is 6.82. The molecular weight excluding hydrogens is 253 g/mol. The van der Waals surface area contributed by atoms with Crippen molar-refractivity contribution in [3.8, 4) is 0 Å². The molecule has 0 amide bonds. The zero-order valence-electron chi connectivity index (χ0n) is 6.70. The molecule has 1 heterocycles. The third-order valence-electron chi connectivity index (χ3n) is 1.38. The molecule has 0 spiro atoms. The van der Waals surface area contributed by atoms with Gasteiger partial charge < -0.3 is 0 Å². The Morgan fingerprint density at radius 2 is 2.15 bits per heavy atom. The molecule has 0 saturated heterocycles. The van der Waals surface area contributed by atoms with Gasteiger partial charge in [0.25, 0.3) is 9.24 Å². The van der Waals surface area contributed by atoms with Gasteiger partial charge in [-0.2, -0.15) is 12.7 Å². The number of hydrogen-bond donors (Lipinski definition) is 0. The maximum atomic E-state index is 10.8. The van der Waals surface area contributed by atoms with Gasteiger partial charge in [-0.1, -0.05) is 11.6 Å². The Labute approximate surface area is 90.4 Å². The van der Waals surface area contributed by atoms with Crippen LogP contribution in [-0.4, -0.2) is 19.8 Å². The van der Waals surface area contributed by atoms with Crippen molar-refractivity contribution in [3.05, 3.63) is 21.3 Å². The molecule has 0 aliphatic rings. The highest BCUT2D eigenvalue weighted by molar-refractivity contribution is 8.11. The number of halogens is 2. The first-order chi connectivity index (χ1) is 5.89. The van der Waals surface area contributed by atoms with Gasteiger partial charge in [-0.05, 0) is 12.1 Å². The molecule has 0 aliphatic heterocycles. The highest BCUT2D eigenvalue weighted by Crippen LogP contribution is 2.23. The number of rotatable bonds is 3. The molecule has 3 nitrogen and oxygen atoms in total. The molecule has 7 heteroatoms. The zero-order valence-corrected chi connectivity index (χ0v) is 9.84. The number of nitrogens with zero attached hydrogens (tertiary/aromatic N) is 1. The van der Waals surface area contributed by atoms with Crippen molar-refractivity contribution < 1.29 is 8.42 Å². The predicted molar refractivity (Wildman–Crippen MR) is 55.6 cm³/mol. The summed E-state index contributed by atoms with van der Waals surface area (Å²) in [5, 5.41) is 0. The molecule has 0 aliphatic carbocycles. The van der Waals surface area contributed by atoms with Crippen LogP contribution in [0, 0.1) is 0 Å². The molecule has 1 aromatic heterocycles. The minimum atomic E-state index is -3.62. The lowest BCUT2D eigenvalue weighted by Gasteiger charge is -2.09. The molecular formula is C6H7Cl2NO2S2. The van der Waals surface area contributed by atoms with Crippen LogP contribution in [0.25, 0.3) is 0 Å². The maximum Gasteiger partial charge on any atom is 0.299 e. The van der Waals surface area contributed by atoms with Crippen molar-refractivity contribution in [3.63, 3.8) is 0 Å². The number of hydrogen-bond acceptors (Lipinski definition) is 3. The molecule has 0 unspecified atom stereocenters. The summed E-state index contributed by atoms with van der Waals surface area (Å²) in [6, 6.07) is 3.49. The van der Waals surface area contributed by atoms with Gasteiger partial charge in [-0.15, -0.1) is 11.3 Å². The van der Waals surface area contributed by atoms with E-state index in [0.29, 0.717) is 4.34 Å². The fourth-order valence-corrected chi connectivity index (χ4v) is 2.40. The first-order valence-corrected chi connectivity index (χ1v) is 6.76. The largest absolute Gasteiger partial charge is 0.299 e. The van der Waals surface area contributed by atoms with Crippen LogP contribution in [-0.2, 0) is 15.8 Å². The minimum absolute atomic E-state index is 0.253. The van der Waals surface area contributed by atoms with Gasteiger partial charge in [0.2, 0.25) is 0 Å². The summed E-state index contributed by atoms with van der Waals surface area (Å²) in [5.74, 6) is 0. The van der Waals surface area contributed by atoms with Crippen LogP contribution in [0.4, 0.5) is 0 Å². The third-order valence-corrected chi connectivity index (χ3v) is 4.18. The van der Waals surface area contributed by atoms with Gasteiger partial charge in [0.15, 0.2) is 0 Å². The van der Waals surface area contributed by atoms with Crippen molar-refractivity contribution in [2.75, 3.05) is 7.05 Å². The molecule has 1 aromatic rings. The second-order valence-electron chi connectivity index (χ2n) is 2.40. The number of thiophene rings is 1. The van der Waals surface area contributed by atoms with Gasteiger partial charge in [0.05, 0.1) is 4.34 Å². The van der Waals surface area contributed by atoms with Crippen LogP contribution in [0.1, 0.15) is 4.88 Å². The Kier molecular flexibility index (Phi) is 3.59. The van der Waals surface area contributed by atoms with E-state index in [-0.39, 0.29) is 6.54 Å². The quantitative estimate of drug-likeness (QED) is 0.782. The molecule has 0 saturated carbocycles. The van der Waals surface area contributed by atoms with Crippen molar-refractivity contribution >= 4 is 42.9 Å². The van der Waals surface area contributed by atoms with Gasteiger partial charge in [-0.3, -0.25) is 0 Å². The van der Waals surface area contributed by atoms with E-state index >= 15 is 0 Å². The summed E-state index contributed by atoms with van der Waals surface area (Å²) in [5.41, 5.74) is 0. The molecule has 0 bridgehead atoms. The topological polar surface area (TPSA) is 37.4 Å².